The number of halogens is 1. The van der Waals surface area contributed by atoms with E-state index >= 15 is 0 Å². The molecule has 2 rings (SSSR count). The second-order valence-electron chi connectivity index (χ2n) is 4.90. The first-order chi connectivity index (χ1) is 10.5. The summed E-state index contributed by atoms with van der Waals surface area (Å²) in [7, 11) is 0. The average molecular weight is 315 g/mol. The Labute approximate surface area is 134 Å². The number of carbonyl (C=O) groups is 1. The Hall–Kier alpha value is -2.51. The van der Waals surface area contributed by atoms with Crippen LogP contribution in [0.3, 0.4) is 0 Å². The zero-order valence-corrected chi connectivity index (χ0v) is 13.1. The number of rotatable bonds is 4. The van der Waals surface area contributed by atoms with E-state index < -0.39 is 0 Å². The number of ether oxygens (including phenoxy) is 1. The quantitative estimate of drug-likeness (QED) is 0.932. The second-order valence-corrected chi connectivity index (χ2v) is 5.33. The van der Waals surface area contributed by atoms with E-state index in [0.29, 0.717) is 22.0 Å². The smallest absolute Gasteiger partial charge is 0.262 e. The summed E-state index contributed by atoms with van der Waals surface area (Å²) < 4.78 is 5.58. The lowest BCUT2D eigenvalue weighted by Crippen LogP contribution is -2.20. The maximum Gasteiger partial charge on any atom is 0.262 e. The molecule has 2 aromatic rings. The van der Waals surface area contributed by atoms with E-state index in [1.165, 1.54) is 0 Å². The molecule has 0 aromatic heterocycles. The third-order valence-corrected chi connectivity index (χ3v) is 3.27. The lowest BCUT2D eigenvalue weighted by molar-refractivity contribution is -0.118. The SMILES string of the molecule is Cc1cc(Cl)cc(C)c1OCC(=O)Nc1cccc(C#N)c1. The van der Waals surface area contributed by atoms with Gasteiger partial charge in [-0.1, -0.05) is 17.7 Å². The third kappa shape index (κ3) is 4.00. The van der Waals surface area contributed by atoms with Crippen LogP contribution in [0.25, 0.3) is 0 Å². The van der Waals surface area contributed by atoms with Crippen LogP contribution >= 0.6 is 11.6 Å². The molecule has 2 aromatic carbocycles. The summed E-state index contributed by atoms with van der Waals surface area (Å²) in [5, 5.41) is 12.2. The van der Waals surface area contributed by atoms with Crippen LogP contribution in [0, 0.1) is 25.2 Å². The molecule has 1 N–H and O–H groups in total. The van der Waals surface area contributed by atoms with Gasteiger partial charge in [0.2, 0.25) is 0 Å². The van der Waals surface area contributed by atoms with Crippen molar-refractivity contribution < 1.29 is 9.53 Å². The zero-order valence-electron chi connectivity index (χ0n) is 12.3. The highest BCUT2D eigenvalue weighted by atomic mass is 35.5. The molecule has 0 aliphatic heterocycles. The van der Waals surface area contributed by atoms with Gasteiger partial charge in [0.25, 0.3) is 5.91 Å². The van der Waals surface area contributed by atoms with Crippen LogP contribution in [0.15, 0.2) is 36.4 Å². The summed E-state index contributed by atoms with van der Waals surface area (Å²) >= 11 is 5.96. The second kappa shape index (κ2) is 6.97. The van der Waals surface area contributed by atoms with Gasteiger partial charge in [-0.25, -0.2) is 0 Å². The number of carbonyl (C=O) groups excluding carboxylic acids is 1. The van der Waals surface area contributed by atoms with Crippen molar-refractivity contribution in [1.82, 2.24) is 0 Å². The fourth-order valence-corrected chi connectivity index (χ4v) is 2.45. The molecule has 0 aliphatic carbocycles. The van der Waals surface area contributed by atoms with E-state index in [1.54, 1.807) is 36.4 Å². The van der Waals surface area contributed by atoms with Gasteiger partial charge in [0.15, 0.2) is 6.61 Å². The number of anilines is 1. The Bertz CT molecular complexity index is 728. The van der Waals surface area contributed by atoms with E-state index in [1.807, 2.05) is 19.9 Å². The molecule has 0 radical (unpaired) electrons. The first-order valence-corrected chi connectivity index (χ1v) is 7.07. The van der Waals surface area contributed by atoms with Crippen molar-refractivity contribution in [2.45, 2.75) is 13.8 Å². The third-order valence-electron chi connectivity index (χ3n) is 3.05. The highest BCUT2D eigenvalue weighted by Gasteiger charge is 2.09. The highest BCUT2D eigenvalue weighted by molar-refractivity contribution is 6.30. The minimum Gasteiger partial charge on any atom is -0.483 e. The molecule has 0 saturated carbocycles. The summed E-state index contributed by atoms with van der Waals surface area (Å²) in [6.07, 6.45) is 0. The van der Waals surface area contributed by atoms with Gasteiger partial charge in [0.1, 0.15) is 5.75 Å². The topological polar surface area (TPSA) is 62.1 Å². The molecule has 0 bridgehead atoms. The van der Waals surface area contributed by atoms with E-state index in [2.05, 4.69) is 5.32 Å². The van der Waals surface area contributed by atoms with Crippen LogP contribution in [-0.4, -0.2) is 12.5 Å². The molecule has 0 atom stereocenters. The molecule has 4 nitrogen and oxygen atoms in total. The minimum absolute atomic E-state index is 0.111. The molecular formula is C17H15ClN2O2. The van der Waals surface area contributed by atoms with Crippen molar-refractivity contribution in [3.8, 4) is 11.8 Å². The Balaban J connectivity index is 2.00. The molecule has 0 aliphatic rings. The number of hydrogen-bond acceptors (Lipinski definition) is 3. The van der Waals surface area contributed by atoms with Crippen molar-refractivity contribution in [2.75, 3.05) is 11.9 Å². The number of nitrogens with one attached hydrogen (secondary N) is 1. The van der Waals surface area contributed by atoms with Crippen LogP contribution in [0.4, 0.5) is 5.69 Å². The van der Waals surface area contributed by atoms with Crippen molar-refractivity contribution in [3.63, 3.8) is 0 Å². The number of nitriles is 1. The van der Waals surface area contributed by atoms with Gasteiger partial charge in [0.05, 0.1) is 11.6 Å². The monoisotopic (exact) mass is 314 g/mol. The molecule has 0 saturated heterocycles. The number of benzene rings is 2. The molecule has 0 fully saturated rings. The largest absolute Gasteiger partial charge is 0.483 e. The Morgan fingerprint density at radius 3 is 2.59 bits per heavy atom. The summed E-state index contributed by atoms with van der Waals surface area (Å²) in [4.78, 5) is 11.9. The Morgan fingerprint density at radius 1 is 1.27 bits per heavy atom. The van der Waals surface area contributed by atoms with E-state index in [9.17, 15) is 4.79 Å². The highest BCUT2D eigenvalue weighted by Crippen LogP contribution is 2.27. The summed E-state index contributed by atoms with van der Waals surface area (Å²) in [6, 6.07) is 12.3. The van der Waals surface area contributed by atoms with Gasteiger partial charge < -0.3 is 10.1 Å². The molecule has 0 heterocycles. The zero-order chi connectivity index (χ0) is 16.1. The fourth-order valence-electron chi connectivity index (χ4n) is 2.13. The van der Waals surface area contributed by atoms with Crippen LogP contribution in [0.2, 0.25) is 5.02 Å². The van der Waals surface area contributed by atoms with E-state index in [-0.39, 0.29) is 12.5 Å². The number of amides is 1. The van der Waals surface area contributed by atoms with Gasteiger partial charge in [-0.05, 0) is 55.3 Å². The first kappa shape index (κ1) is 15.9. The minimum atomic E-state index is -0.288. The Morgan fingerprint density at radius 2 is 1.95 bits per heavy atom. The molecule has 1 amide bonds. The van der Waals surface area contributed by atoms with Crippen LogP contribution < -0.4 is 10.1 Å². The maximum absolute atomic E-state index is 11.9. The summed E-state index contributed by atoms with van der Waals surface area (Å²) in [5.41, 5.74) is 2.81. The van der Waals surface area contributed by atoms with Crippen LogP contribution in [0.5, 0.6) is 5.75 Å². The lowest BCUT2D eigenvalue weighted by Gasteiger charge is -2.12. The van der Waals surface area contributed by atoms with Gasteiger partial charge in [0, 0.05) is 10.7 Å². The van der Waals surface area contributed by atoms with Crippen molar-refractivity contribution in [1.29, 1.82) is 5.26 Å². The van der Waals surface area contributed by atoms with Crippen molar-refractivity contribution >= 4 is 23.2 Å². The van der Waals surface area contributed by atoms with Crippen LogP contribution in [-0.2, 0) is 4.79 Å². The standard InChI is InChI=1S/C17H15ClN2O2/c1-11-6-14(18)7-12(2)17(11)22-10-16(21)20-15-5-3-4-13(8-15)9-19/h3-8H,10H2,1-2H3,(H,20,21). The van der Waals surface area contributed by atoms with Crippen LogP contribution in [0.1, 0.15) is 16.7 Å². The number of nitrogens with zero attached hydrogens (tertiary/aromatic N) is 1. The average Bonchev–Trinajstić information content (AvgIpc) is 2.46. The normalized spacial score (nSPS) is 9.91. The molecule has 22 heavy (non-hydrogen) atoms. The van der Waals surface area contributed by atoms with Crippen molar-refractivity contribution in [3.05, 3.63) is 58.1 Å². The predicted molar refractivity (Wildman–Crippen MR) is 86.2 cm³/mol. The van der Waals surface area contributed by atoms with E-state index in [0.717, 1.165) is 11.1 Å². The number of aryl methyl sites for hydroxylation is 2. The molecule has 112 valence electrons. The first-order valence-electron chi connectivity index (χ1n) is 6.69. The van der Waals surface area contributed by atoms with Crippen molar-refractivity contribution in [2.24, 2.45) is 0 Å². The Kier molecular flexibility index (Phi) is 5.03. The van der Waals surface area contributed by atoms with E-state index in [4.69, 9.17) is 21.6 Å². The predicted octanol–water partition coefficient (Wildman–Crippen LogP) is 3.85. The van der Waals surface area contributed by atoms with Gasteiger partial charge in [-0.2, -0.15) is 5.26 Å². The fraction of sp³-hybridized carbons (Fsp3) is 0.176. The molecule has 5 heteroatoms. The molecule has 0 spiro atoms. The summed E-state index contributed by atoms with van der Waals surface area (Å²) in [6.45, 7) is 3.64. The summed E-state index contributed by atoms with van der Waals surface area (Å²) in [5.74, 6) is 0.370. The number of hydrogen-bond donors (Lipinski definition) is 1. The lowest BCUT2D eigenvalue weighted by atomic mass is 10.1. The molecule has 0 unspecified atom stereocenters. The maximum atomic E-state index is 11.9. The van der Waals surface area contributed by atoms with Gasteiger partial charge in [-0.3, -0.25) is 4.79 Å². The van der Waals surface area contributed by atoms with Gasteiger partial charge in [-0.15, -0.1) is 0 Å². The molecular weight excluding hydrogens is 300 g/mol. The van der Waals surface area contributed by atoms with Gasteiger partial charge >= 0.3 is 0 Å².